The number of morpholine rings is 1. The third kappa shape index (κ3) is 2.47. The van der Waals surface area contributed by atoms with Crippen molar-refractivity contribution < 1.29 is 9.84 Å². The lowest BCUT2D eigenvalue weighted by atomic mass is 10.1. The average molecular weight is 193 g/mol. The lowest BCUT2D eigenvalue weighted by Crippen LogP contribution is -2.42. The fourth-order valence-corrected chi connectivity index (χ4v) is 1.72. The highest BCUT2D eigenvalue weighted by Gasteiger charge is 2.13. The Labute approximate surface area is 83.7 Å². The van der Waals surface area contributed by atoms with Crippen LogP contribution in [0, 0.1) is 0 Å². The van der Waals surface area contributed by atoms with Crippen LogP contribution in [0.5, 0.6) is 5.75 Å². The van der Waals surface area contributed by atoms with E-state index in [4.69, 9.17) is 4.74 Å². The lowest BCUT2D eigenvalue weighted by Gasteiger charge is -2.23. The molecule has 76 valence electrons. The van der Waals surface area contributed by atoms with Crippen LogP contribution >= 0.6 is 0 Å². The van der Waals surface area contributed by atoms with Crippen LogP contribution in [0.2, 0.25) is 0 Å². The fourth-order valence-electron chi connectivity index (χ4n) is 1.72. The predicted molar refractivity (Wildman–Crippen MR) is 54.4 cm³/mol. The molecule has 2 N–H and O–H groups in total. The second-order valence-corrected chi connectivity index (χ2v) is 3.60. The van der Waals surface area contributed by atoms with Gasteiger partial charge in [0.15, 0.2) is 0 Å². The van der Waals surface area contributed by atoms with Crippen molar-refractivity contribution in [2.45, 2.75) is 12.5 Å². The highest BCUT2D eigenvalue weighted by Crippen LogP contribution is 2.13. The van der Waals surface area contributed by atoms with E-state index in [1.54, 1.807) is 12.1 Å². The molecule has 1 aromatic carbocycles. The van der Waals surface area contributed by atoms with E-state index in [1.165, 1.54) is 0 Å². The number of benzene rings is 1. The van der Waals surface area contributed by atoms with Crippen molar-refractivity contribution in [2.75, 3.05) is 19.8 Å². The predicted octanol–water partition coefficient (Wildman–Crippen LogP) is 0.923. The Bertz CT molecular complexity index is 295. The molecule has 3 heteroatoms. The summed E-state index contributed by atoms with van der Waals surface area (Å²) in [5.41, 5.74) is 1.15. The Morgan fingerprint density at radius 3 is 3.14 bits per heavy atom. The van der Waals surface area contributed by atoms with Crippen molar-refractivity contribution in [3.05, 3.63) is 29.8 Å². The van der Waals surface area contributed by atoms with E-state index in [1.807, 2.05) is 12.1 Å². The van der Waals surface area contributed by atoms with Gasteiger partial charge in [-0.25, -0.2) is 0 Å². The molecule has 0 radical (unpaired) electrons. The van der Waals surface area contributed by atoms with Gasteiger partial charge in [0.1, 0.15) is 5.75 Å². The van der Waals surface area contributed by atoms with Gasteiger partial charge in [-0.15, -0.1) is 0 Å². The first-order valence-corrected chi connectivity index (χ1v) is 4.93. The van der Waals surface area contributed by atoms with Crippen molar-refractivity contribution in [3.8, 4) is 5.75 Å². The third-order valence-electron chi connectivity index (χ3n) is 2.39. The van der Waals surface area contributed by atoms with Gasteiger partial charge in [-0.1, -0.05) is 12.1 Å². The first-order valence-electron chi connectivity index (χ1n) is 4.93. The van der Waals surface area contributed by atoms with Crippen molar-refractivity contribution in [3.63, 3.8) is 0 Å². The van der Waals surface area contributed by atoms with Gasteiger partial charge in [-0.05, 0) is 24.1 Å². The molecule has 0 spiro atoms. The molecule has 1 saturated heterocycles. The SMILES string of the molecule is Oc1cccc(CC2COCCN2)c1. The highest BCUT2D eigenvalue weighted by molar-refractivity contribution is 5.27. The zero-order chi connectivity index (χ0) is 9.80. The molecule has 0 amide bonds. The molecule has 14 heavy (non-hydrogen) atoms. The summed E-state index contributed by atoms with van der Waals surface area (Å²) < 4.78 is 5.36. The Kier molecular flexibility index (Phi) is 3.01. The quantitative estimate of drug-likeness (QED) is 0.734. The fraction of sp³-hybridized carbons (Fsp3) is 0.455. The minimum absolute atomic E-state index is 0.333. The molecule has 1 fully saturated rings. The Balaban J connectivity index is 1.95. The van der Waals surface area contributed by atoms with Gasteiger partial charge in [0.25, 0.3) is 0 Å². The van der Waals surface area contributed by atoms with Gasteiger partial charge in [0.2, 0.25) is 0 Å². The number of phenols is 1. The number of ether oxygens (including phenoxy) is 1. The summed E-state index contributed by atoms with van der Waals surface area (Å²) in [6.07, 6.45) is 0.911. The van der Waals surface area contributed by atoms with E-state index < -0.39 is 0 Å². The molecule has 2 rings (SSSR count). The zero-order valence-electron chi connectivity index (χ0n) is 8.07. The van der Waals surface area contributed by atoms with Crippen LogP contribution in [0.15, 0.2) is 24.3 Å². The van der Waals surface area contributed by atoms with Crippen LogP contribution in [-0.2, 0) is 11.2 Å². The van der Waals surface area contributed by atoms with Crippen LogP contribution in [-0.4, -0.2) is 30.9 Å². The molecule has 0 aliphatic carbocycles. The van der Waals surface area contributed by atoms with Crippen molar-refractivity contribution in [2.24, 2.45) is 0 Å². The molecular weight excluding hydrogens is 178 g/mol. The smallest absolute Gasteiger partial charge is 0.115 e. The molecule has 1 aromatic rings. The van der Waals surface area contributed by atoms with E-state index in [0.717, 1.165) is 31.7 Å². The maximum atomic E-state index is 9.29. The maximum absolute atomic E-state index is 9.29. The van der Waals surface area contributed by atoms with Crippen molar-refractivity contribution in [1.82, 2.24) is 5.32 Å². The molecule has 0 saturated carbocycles. The molecule has 0 aromatic heterocycles. The van der Waals surface area contributed by atoms with Gasteiger partial charge in [-0.2, -0.15) is 0 Å². The van der Waals surface area contributed by atoms with E-state index in [9.17, 15) is 5.11 Å². The van der Waals surface area contributed by atoms with Crippen LogP contribution < -0.4 is 5.32 Å². The Morgan fingerprint density at radius 2 is 2.43 bits per heavy atom. The molecule has 1 atom stereocenters. The van der Waals surface area contributed by atoms with Crippen LogP contribution in [0.1, 0.15) is 5.56 Å². The molecule has 1 heterocycles. The summed E-state index contributed by atoms with van der Waals surface area (Å²) in [5, 5.41) is 12.7. The van der Waals surface area contributed by atoms with Gasteiger partial charge < -0.3 is 15.2 Å². The van der Waals surface area contributed by atoms with Crippen LogP contribution in [0.3, 0.4) is 0 Å². The van der Waals surface area contributed by atoms with E-state index >= 15 is 0 Å². The second-order valence-electron chi connectivity index (χ2n) is 3.60. The standard InChI is InChI=1S/C11H15NO2/c13-11-3-1-2-9(7-11)6-10-8-14-5-4-12-10/h1-3,7,10,12-13H,4-6,8H2. The third-order valence-corrected chi connectivity index (χ3v) is 2.39. The van der Waals surface area contributed by atoms with Gasteiger partial charge in [-0.3, -0.25) is 0 Å². The summed E-state index contributed by atoms with van der Waals surface area (Å²) in [4.78, 5) is 0. The summed E-state index contributed by atoms with van der Waals surface area (Å²) in [6.45, 7) is 2.48. The molecule has 3 nitrogen and oxygen atoms in total. The summed E-state index contributed by atoms with van der Waals surface area (Å²) >= 11 is 0. The zero-order valence-corrected chi connectivity index (χ0v) is 8.07. The minimum atomic E-state index is 0.333. The van der Waals surface area contributed by atoms with Crippen LogP contribution in [0.25, 0.3) is 0 Å². The maximum Gasteiger partial charge on any atom is 0.115 e. The van der Waals surface area contributed by atoms with Gasteiger partial charge in [0.05, 0.1) is 13.2 Å². The molecule has 0 bridgehead atoms. The highest BCUT2D eigenvalue weighted by atomic mass is 16.5. The Morgan fingerprint density at radius 1 is 1.50 bits per heavy atom. The summed E-state index contributed by atoms with van der Waals surface area (Å²) in [7, 11) is 0. The Hall–Kier alpha value is -1.06. The molecule has 1 aliphatic heterocycles. The van der Waals surface area contributed by atoms with E-state index in [-0.39, 0.29) is 0 Å². The number of phenolic OH excluding ortho intramolecular Hbond substituents is 1. The first-order chi connectivity index (χ1) is 6.84. The number of hydrogen-bond donors (Lipinski definition) is 2. The lowest BCUT2D eigenvalue weighted by molar-refractivity contribution is 0.0770. The van der Waals surface area contributed by atoms with E-state index in [2.05, 4.69) is 5.32 Å². The largest absolute Gasteiger partial charge is 0.508 e. The molecule has 1 aliphatic rings. The number of nitrogens with one attached hydrogen (secondary N) is 1. The summed E-state index contributed by atoms with van der Waals surface area (Å²) in [6, 6.07) is 7.76. The number of hydrogen-bond acceptors (Lipinski definition) is 3. The minimum Gasteiger partial charge on any atom is -0.508 e. The molecule has 1 unspecified atom stereocenters. The van der Waals surface area contributed by atoms with Gasteiger partial charge in [0, 0.05) is 12.6 Å². The second kappa shape index (κ2) is 4.44. The average Bonchev–Trinajstić information content (AvgIpc) is 2.19. The van der Waals surface area contributed by atoms with Gasteiger partial charge >= 0.3 is 0 Å². The monoisotopic (exact) mass is 193 g/mol. The summed E-state index contributed by atoms with van der Waals surface area (Å²) in [5.74, 6) is 0.333. The van der Waals surface area contributed by atoms with Crippen LogP contribution in [0.4, 0.5) is 0 Å². The van der Waals surface area contributed by atoms with E-state index in [0.29, 0.717) is 11.8 Å². The van der Waals surface area contributed by atoms with Crippen molar-refractivity contribution >= 4 is 0 Å². The molecular formula is C11H15NO2. The van der Waals surface area contributed by atoms with Crippen molar-refractivity contribution in [1.29, 1.82) is 0 Å². The number of rotatable bonds is 2. The topological polar surface area (TPSA) is 41.5 Å². The number of aromatic hydroxyl groups is 1. The normalized spacial score (nSPS) is 22.1. The first kappa shape index (κ1) is 9.49.